The van der Waals surface area contributed by atoms with Crippen molar-refractivity contribution in [2.75, 3.05) is 27.6 Å². The number of carbonyl (C=O) groups excluding carboxylic acids is 1. The van der Waals surface area contributed by atoms with E-state index in [1.54, 1.807) is 19.1 Å². The van der Waals surface area contributed by atoms with Crippen molar-refractivity contribution in [3.8, 4) is 0 Å². The van der Waals surface area contributed by atoms with E-state index in [-0.39, 0.29) is 25.0 Å². The maximum atomic E-state index is 12.9. The molecule has 0 spiro atoms. The molecule has 2 rings (SSSR count). The van der Waals surface area contributed by atoms with Crippen LogP contribution in [0.1, 0.15) is 38.3 Å². The predicted octanol–water partition coefficient (Wildman–Crippen LogP) is 5.06. The fourth-order valence-electron chi connectivity index (χ4n) is 3.35. The fraction of sp³-hybridized carbons (Fsp3) is 0.500. The molecule has 0 fully saturated rings. The molecule has 0 aromatic heterocycles. The van der Waals surface area contributed by atoms with Crippen molar-refractivity contribution in [1.82, 2.24) is 4.90 Å². The molecule has 6 nitrogen and oxygen atoms in total. The van der Waals surface area contributed by atoms with Gasteiger partial charge in [0, 0.05) is 20.8 Å². The highest BCUT2D eigenvalue weighted by Gasteiger charge is 2.32. The van der Waals surface area contributed by atoms with Gasteiger partial charge in [0.15, 0.2) is 0 Å². The Morgan fingerprint density at radius 2 is 1.56 bits per heavy atom. The number of rotatable bonds is 12. The van der Waals surface area contributed by atoms with Gasteiger partial charge in [0.2, 0.25) is 0 Å². The summed E-state index contributed by atoms with van der Waals surface area (Å²) in [7, 11) is 3.35. The Kier molecular flexibility index (Phi) is 10.7. The molecule has 0 heterocycles. The van der Waals surface area contributed by atoms with Crippen LogP contribution in [0, 0.1) is 0 Å². The number of ether oxygens (including phenoxy) is 4. The van der Waals surface area contributed by atoms with E-state index in [9.17, 15) is 4.79 Å². The van der Waals surface area contributed by atoms with Crippen molar-refractivity contribution < 1.29 is 23.7 Å². The van der Waals surface area contributed by atoms with E-state index in [1.165, 1.54) is 0 Å². The van der Waals surface area contributed by atoms with Crippen LogP contribution in [0.25, 0.3) is 0 Å². The second-order valence-corrected chi connectivity index (χ2v) is 8.79. The summed E-state index contributed by atoms with van der Waals surface area (Å²) in [6, 6.07) is 19.9. The van der Waals surface area contributed by atoms with E-state index in [2.05, 4.69) is 12.1 Å². The Morgan fingerprint density at radius 3 is 2.12 bits per heavy atom. The van der Waals surface area contributed by atoms with Gasteiger partial charge in [-0.3, -0.25) is 0 Å². The van der Waals surface area contributed by atoms with Crippen LogP contribution in [0.4, 0.5) is 4.79 Å². The summed E-state index contributed by atoms with van der Waals surface area (Å²) < 4.78 is 22.7. The van der Waals surface area contributed by atoms with Crippen molar-refractivity contribution in [3.05, 3.63) is 71.8 Å². The van der Waals surface area contributed by atoms with Gasteiger partial charge in [0.05, 0.1) is 18.8 Å². The minimum atomic E-state index is -0.579. The van der Waals surface area contributed by atoms with Crippen LogP contribution < -0.4 is 0 Å². The van der Waals surface area contributed by atoms with Crippen molar-refractivity contribution >= 4 is 6.09 Å². The summed E-state index contributed by atoms with van der Waals surface area (Å²) in [6.45, 7) is 6.75. The average Bonchev–Trinajstić information content (AvgIpc) is 2.77. The molecule has 0 bridgehead atoms. The van der Waals surface area contributed by atoms with E-state index in [0.717, 1.165) is 11.1 Å². The van der Waals surface area contributed by atoms with Gasteiger partial charge in [-0.2, -0.15) is 0 Å². The fourth-order valence-corrected chi connectivity index (χ4v) is 3.35. The van der Waals surface area contributed by atoms with Gasteiger partial charge >= 0.3 is 6.09 Å². The van der Waals surface area contributed by atoms with Crippen molar-refractivity contribution in [2.24, 2.45) is 0 Å². The number of benzene rings is 2. The van der Waals surface area contributed by atoms with Crippen LogP contribution in [0.15, 0.2) is 60.7 Å². The topological polar surface area (TPSA) is 57.2 Å². The highest BCUT2D eigenvalue weighted by atomic mass is 16.7. The molecule has 0 N–H and O–H groups in total. The molecule has 0 unspecified atom stereocenters. The number of methoxy groups -OCH3 is 1. The number of nitrogens with zero attached hydrogens (tertiary/aromatic N) is 1. The molecule has 0 aliphatic heterocycles. The first-order valence-electron chi connectivity index (χ1n) is 11.0. The summed E-state index contributed by atoms with van der Waals surface area (Å²) in [5.74, 6) is 0. The van der Waals surface area contributed by atoms with E-state index < -0.39 is 5.60 Å². The highest BCUT2D eigenvalue weighted by molar-refractivity contribution is 5.68. The first-order chi connectivity index (χ1) is 15.3. The maximum Gasteiger partial charge on any atom is 0.410 e. The Labute approximate surface area is 192 Å². The SMILES string of the molecule is COCO[C@H](CCOCc1ccccc1)[C@H](Cc1ccccc1)N(C)C(=O)OC(C)(C)C. The standard InChI is InChI=1S/C26H37NO5/c1-26(2,3)32-25(28)27(4)23(18-21-12-8-6-9-13-21)24(31-20-29-5)16-17-30-19-22-14-10-7-11-15-22/h6-15,23-24H,16-20H2,1-5H3/t23-,24+/m0/s1. The smallest absolute Gasteiger partial charge is 0.410 e. The van der Waals surface area contributed by atoms with E-state index >= 15 is 0 Å². The molecule has 2 aromatic rings. The second-order valence-electron chi connectivity index (χ2n) is 8.79. The lowest BCUT2D eigenvalue weighted by Gasteiger charge is -2.35. The van der Waals surface area contributed by atoms with Crippen LogP contribution in [-0.2, 0) is 32.0 Å². The van der Waals surface area contributed by atoms with Gasteiger partial charge in [0.1, 0.15) is 12.4 Å². The van der Waals surface area contributed by atoms with E-state index in [0.29, 0.717) is 26.1 Å². The number of carbonyl (C=O) groups is 1. The minimum Gasteiger partial charge on any atom is -0.444 e. The highest BCUT2D eigenvalue weighted by Crippen LogP contribution is 2.20. The molecule has 0 aliphatic carbocycles. The van der Waals surface area contributed by atoms with Gasteiger partial charge in [-0.25, -0.2) is 4.79 Å². The van der Waals surface area contributed by atoms with E-state index in [4.69, 9.17) is 18.9 Å². The lowest BCUT2D eigenvalue weighted by atomic mass is 9.98. The van der Waals surface area contributed by atoms with Crippen LogP contribution in [0.3, 0.4) is 0 Å². The summed E-state index contributed by atoms with van der Waals surface area (Å²) in [5.41, 5.74) is 1.65. The zero-order valence-electron chi connectivity index (χ0n) is 20.0. The molecule has 32 heavy (non-hydrogen) atoms. The molecule has 1 amide bonds. The molecule has 0 radical (unpaired) electrons. The third-order valence-electron chi connectivity index (χ3n) is 4.95. The molecule has 2 aromatic carbocycles. The first kappa shape index (κ1) is 25.8. The van der Waals surface area contributed by atoms with Crippen LogP contribution in [0.5, 0.6) is 0 Å². The molecular formula is C26H37NO5. The molecule has 0 saturated carbocycles. The number of likely N-dealkylation sites (N-methyl/N-ethyl adjacent to an activating group) is 1. The number of hydrogen-bond donors (Lipinski definition) is 0. The second kappa shape index (κ2) is 13.2. The average molecular weight is 444 g/mol. The Bertz CT molecular complexity index is 776. The summed E-state index contributed by atoms with van der Waals surface area (Å²) >= 11 is 0. The van der Waals surface area contributed by atoms with Crippen LogP contribution in [-0.4, -0.2) is 56.3 Å². The minimum absolute atomic E-state index is 0.136. The lowest BCUT2D eigenvalue weighted by Crippen LogP contribution is -2.49. The van der Waals surface area contributed by atoms with Crippen molar-refractivity contribution in [2.45, 2.75) is 58.0 Å². The normalized spacial score (nSPS) is 13.4. The van der Waals surface area contributed by atoms with Gasteiger partial charge in [-0.1, -0.05) is 60.7 Å². The van der Waals surface area contributed by atoms with Crippen LogP contribution in [0.2, 0.25) is 0 Å². The zero-order chi connectivity index (χ0) is 23.4. The van der Waals surface area contributed by atoms with Crippen molar-refractivity contribution in [1.29, 1.82) is 0 Å². The van der Waals surface area contributed by atoms with Crippen LogP contribution >= 0.6 is 0 Å². The third-order valence-corrected chi connectivity index (χ3v) is 4.95. The predicted molar refractivity (Wildman–Crippen MR) is 125 cm³/mol. The Hall–Kier alpha value is -2.41. The molecule has 0 aliphatic rings. The van der Waals surface area contributed by atoms with Gasteiger partial charge in [-0.15, -0.1) is 0 Å². The monoisotopic (exact) mass is 443 g/mol. The van der Waals surface area contributed by atoms with E-state index in [1.807, 2.05) is 69.3 Å². The third kappa shape index (κ3) is 9.39. The Balaban J connectivity index is 2.12. The molecular weight excluding hydrogens is 406 g/mol. The Morgan fingerprint density at radius 1 is 0.969 bits per heavy atom. The summed E-state index contributed by atoms with van der Waals surface area (Å²) in [4.78, 5) is 14.5. The first-order valence-corrected chi connectivity index (χ1v) is 11.0. The largest absolute Gasteiger partial charge is 0.444 e. The quantitative estimate of drug-likeness (QED) is 0.339. The van der Waals surface area contributed by atoms with Gasteiger partial charge < -0.3 is 23.8 Å². The lowest BCUT2D eigenvalue weighted by molar-refractivity contribution is -0.106. The molecule has 0 saturated heterocycles. The van der Waals surface area contributed by atoms with Gasteiger partial charge in [-0.05, 0) is 44.7 Å². The molecule has 176 valence electrons. The summed E-state index contributed by atoms with van der Waals surface area (Å²) in [6.07, 6.45) is 0.572. The maximum absolute atomic E-state index is 12.9. The molecule has 6 heteroatoms. The van der Waals surface area contributed by atoms with Gasteiger partial charge in [0.25, 0.3) is 0 Å². The number of hydrogen-bond acceptors (Lipinski definition) is 5. The molecule has 2 atom stereocenters. The summed E-state index contributed by atoms with van der Waals surface area (Å²) in [5, 5.41) is 0. The zero-order valence-corrected chi connectivity index (χ0v) is 20.0. The number of amides is 1. The van der Waals surface area contributed by atoms with Crippen molar-refractivity contribution in [3.63, 3.8) is 0 Å².